The van der Waals surface area contributed by atoms with Crippen molar-refractivity contribution in [1.29, 1.82) is 0 Å². The van der Waals surface area contributed by atoms with Crippen molar-refractivity contribution in [2.45, 2.75) is 26.5 Å². The first-order valence-electron chi connectivity index (χ1n) is 10.3. The van der Waals surface area contributed by atoms with Crippen molar-refractivity contribution in [3.05, 3.63) is 125 Å². The molecule has 0 aliphatic rings. The van der Waals surface area contributed by atoms with Crippen molar-refractivity contribution in [2.75, 3.05) is 0 Å². The molecule has 156 valence electrons. The zero-order valence-electron chi connectivity index (χ0n) is 17.7. The average Bonchev–Trinajstić information content (AvgIpc) is 3.28. The largest absolute Gasteiger partial charge is 0.486 e. The van der Waals surface area contributed by atoms with Crippen LogP contribution in [0, 0.1) is 13.8 Å². The predicted octanol–water partition coefficient (Wildman–Crippen LogP) is 5.99. The van der Waals surface area contributed by atoms with Gasteiger partial charge in [-0.15, -0.1) is 0 Å². The van der Waals surface area contributed by atoms with E-state index in [0.29, 0.717) is 5.76 Å². The fourth-order valence-electron chi connectivity index (χ4n) is 3.39. The van der Waals surface area contributed by atoms with Gasteiger partial charge in [-0.1, -0.05) is 66.7 Å². The summed E-state index contributed by atoms with van der Waals surface area (Å²) < 4.78 is 11.6. The van der Waals surface area contributed by atoms with Gasteiger partial charge in [-0.3, -0.25) is 4.79 Å². The van der Waals surface area contributed by atoms with E-state index in [2.05, 4.69) is 12.2 Å². The average molecular weight is 412 g/mol. The number of ether oxygens (including phenoxy) is 1. The van der Waals surface area contributed by atoms with Crippen molar-refractivity contribution in [3.8, 4) is 5.75 Å². The number of amides is 1. The van der Waals surface area contributed by atoms with Crippen LogP contribution in [-0.4, -0.2) is 5.91 Å². The van der Waals surface area contributed by atoms with Gasteiger partial charge < -0.3 is 14.5 Å². The lowest BCUT2D eigenvalue weighted by Crippen LogP contribution is -2.29. The van der Waals surface area contributed by atoms with Crippen molar-refractivity contribution >= 4 is 5.91 Å². The van der Waals surface area contributed by atoms with Gasteiger partial charge in [-0.25, -0.2) is 0 Å². The third-order valence-corrected chi connectivity index (χ3v) is 5.29. The molecule has 3 aromatic carbocycles. The van der Waals surface area contributed by atoms with Gasteiger partial charge in [0.2, 0.25) is 0 Å². The van der Waals surface area contributed by atoms with E-state index in [-0.39, 0.29) is 24.3 Å². The first-order valence-corrected chi connectivity index (χ1v) is 10.3. The molecule has 0 unspecified atom stereocenters. The second-order valence-corrected chi connectivity index (χ2v) is 7.53. The van der Waals surface area contributed by atoms with Crippen LogP contribution in [0.25, 0.3) is 0 Å². The summed E-state index contributed by atoms with van der Waals surface area (Å²) in [7, 11) is 0. The van der Waals surface area contributed by atoms with Gasteiger partial charge in [0.25, 0.3) is 5.91 Å². The summed E-state index contributed by atoms with van der Waals surface area (Å²) in [5.41, 5.74) is 4.40. The monoisotopic (exact) mass is 411 g/mol. The molecule has 4 nitrogen and oxygen atoms in total. The smallest absolute Gasteiger partial charge is 0.287 e. The van der Waals surface area contributed by atoms with Crippen LogP contribution in [0.4, 0.5) is 0 Å². The molecule has 0 saturated carbocycles. The summed E-state index contributed by atoms with van der Waals surface area (Å²) in [5, 5.41) is 3.09. The minimum absolute atomic E-state index is 0.260. The topological polar surface area (TPSA) is 51.5 Å². The number of furan rings is 1. The second-order valence-electron chi connectivity index (χ2n) is 7.53. The Morgan fingerprint density at radius 2 is 1.48 bits per heavy atom. The molecule has 0 saturated heterocycles. The summed E-state index contributed by atoms with van der Waals surface area (Å²) in [6, 6.07) is 28.9. The summed E-state index contributed by atoms with van der Waals surface area (Å²) in [4.78, 5) is 12.9. The first kappa shape index (κ1) is 20.5. The Morgan fingerprint density at radius 3 is 2.10 bits per heavy atom. The Hall–Kier alpha value is -3.79. The van der Waals surface area contributed by atoms with E-state index < -0.39 is 0 Å². The van der Waals surface area contributed by atoms with Crippen LogP contribution in [0.5, 0.6) is 5.75 Å². The summed E-state index contributed by atoms with van der Waals surface area (Å²) in [5.74, 6) is 1.36. The van der Waals surface area contributed by atoms with Crippen LogP contribution in [0.3, 0.4) is 0 Å². The maximum absolute atomic E-state index is 12.9. The van der Waals surface area contributed by atoms with Crippen LogP contribution in [0.1, 0.15) is 44.6 Å². The third-order valence-electron chi connectivity index (χ3n) is 5.29. The normalized spacial score (nSPS) is 10.8. The van der Waals surface area contributed by atoms with Gasteiger partial charge in [-0.05, 0) is 60.4 Å². The van der Waals surface area contributed by atoms with Crippen LogP contribution in [-0.2, 0) is 6.61 Å². The quantitative estimate of drug-likeness (QED) is 0.406. The van der Waals surface area contributed by atoms with E-state index in [1.54, 1.807) is 12.1 Å². The molecule has 1 aromatic heterocycles. The number of hydrogen-bond acceptors (Lipinski definition) is 3. The Morgan fingerprint density at radius 1 is 0.839 bits per heavy atom. The van der Waals surface area contributed by atoms with Crippen LogP contribution < -0.4 is 10.1 Å². The maximum atomic E-state index is 12.9. The Bertz CT molecular complexity index is 1110. The minimum atomic E-state index is -0.268. The minimum Gasteiger partial charge on any atom is -0.486 e. The number of nitrogens with one attached hydrogen (secondary N) is 1. The highest BCUT2D eigenvalue weighted by Crippen LogP contribution is 2.23. The van der Waals surface area contributed by atoms with E-state index >= 15 is 0 Å². The molecule has 0 atom stereocenters. The fraction of sp³-hybridized carbons (Fsp3) is 0.148. The van der Waals surface area contributed by atoms with Crippen LogP contribution in [0.2, 0.25) is 0 Å². The number of carbonyl (C=O) groups excluding carboxylic acids is 1. The van der Waals surface area contributed by atoms with Crippen LogP contribution >= 0.6 is 0 Å². The van der Waals surface area contributed by atoms with E-state index in [9.17, 15) is 4.79 Å². The first-order chi connectivity index (χ1) is 15.1. The van der Waals surface area contributed by atoms with E-state index in [4.69, 9.17) is 9.15 Å². The Labute approximate surface area is 182 Å². The molecular formula is C27H25NO3. The zero-order chi connectivity index (χ0) is 21.6. The van der Waals surface area contributed by atoms with Crippen molar-refractivity contribution < 1.29 is 13.9 Å². The van der Waals surface area contributed by atoms with Crippen LogP contribution in [0.15, 0.2) is 95.4 Å². The second kappa shape index (κ2) is 9.35. The lowest BCUT2D eigenvalue weighted by molar-refractivity contribution is 0.0911. The van der Waals surface area contributed by atoms with Gasteiger partial charge in [0.1, 0.15) is 18.1 Å². The molecule has 0 aliphatic heterocycles. The Kier molecular flexibility index (Phi) is 6.18. The van der Waals surface area contributed by atoms with Gasteiger partial charge in [-0.2, -0.15) is 0 Å². The van der Waals surface area contributed by atoms with Gasteiger partial charge in [0, 0.05) is 0 Å². The van der Waals surface area contributed by atoms with E-state index in [0.717, 1.165) is 16.9 Å². The maximum Gasteiger partial charge on any atom is 0.287 e. The lowest BCUT2D eigenvalue weighted by atomic mass is 9.98. The van der Waals surface area contributed by atoms with Crippen molar-refractivity contribution in [2.24, 2.45) is 0 Å². The SMILES string of the molecule is Cc1ccc(OCc2ccc(C(=O)NC(c3ccccc3)c3ccccc3)o2)cc1C. The highest BCUT2D eigenvalue weighted by molar-refractivity contribution is 5.92. The number of carbonyl (C=O) groups is 1. The highest BCUT2D eigenvalue weighted by Gasteiger charge is 2.20. The molecule has 1 N–H and O–H groups in total. The Balaban J connectivity index is 1.46. The number of aryl methyl sites for hydroxylation is 2. The molecule has 0 aliphatic carbocycles. The molecular weight excluding hydrogens is 386 g/mol. The molecule has 0 bridgehead atoms. The summed E-state index contributed by atoms with van der Waals surface area (Å²) >= 11 is 0. The van der Waals surface area contributed by atoms with Crippen molar-refractivity contribution in [1.82, 2.24) is 5.32 Å². The van der Waals surface area contributed by atoms with E-state index in [1.807, 2.05) is 85.8 Å². The molecule has 4 heteroatoms. The van der Waals surface area contributed by atoms with Gasteiger partial charge in [0.05, 0.1) is 6.04 Å². The summed E-state index contributed by atoms with van der Waals surface area (Å²) in [6.07, 6.45) is 0. The zero-order valence-corrected chi connectivity index (χ0v) is 17.7. The van der Waals surface area contributed by atoms with Gasteiger partial charge in [0.15, 0.2) is 5.76 Å². The molecule has 1 amide bonds. The van der Waals surface area contributed by atoms with E-state index in [1.165, 1.54) is 11.1 Å². The summed E-state index contributed by atoms with van der Waals surface area (Å²) in [6.45, 7) is 4.37. The fourth-order valence-corrected chi connectivity index (χ4v) is 3.39. The third kappa shape index (κ3) is 5.04. The number of benzene rings is 3. The molecule has 4 aromatic rings. The number of rotatable bonds is 7. The molecule has 1 heterocycles. The lowest BCUT2D eigenvalue weighted by Gasteiger charge is -2.19. The molecule has 0 radical (unpaired) electrons. The highest BCUT2D eigenvalue weighted by atomic mass is 16.5. The molecule has 0 spiro atoms. The molecule has 31 heavy (non-hydrogen) atoms. The number of hydrogen-bond donors (Lipinski definition) is 1. The standard InChI is InChI=1S/C27H25NO3/c1-19-13-14-23(17-20(19)2)30-18-24-15-16-25(31-24)27(29)28-26(21-9-5-3-6-10-21)22-11-7-4-8-12-22/h3-17,26H,18H2,1-2H3,(H,28,29). The molecule has 0 fully saturated rings. The predicted molar refractivity (Wildman–Crippen MR) is 121 cm³/mol. The van der Waals surface area contributed by atoms with Gasteiger partial charge >= 0.3 is 0 Å². The molecule has 4 rings (SSSR count). The van der Waals surface area contributed by atoms with Crippen molar-refractivity contribution in [3.63, 3.8) is 0 Å².